The molecule has 17 heavy (non-hydrogen) atoms. The highest BCUT2D eigenvalue weighted by atomic mass is 16.4. The van der Waals surface area contributed by atoms with Gasteiger partial charge in [0.05, 0.1) is 6.04 Å². The number of hydrogen-bond donors (Lipinski definition) is 2. The standard InChI is InChI=1S/C12H22N2O3/c1-8-3-4-9(2)14(7-8)12(17)10(13)5-6-11(15)16/h8-10H,3-7,13H2,1-2H3,(H,15,16). The first-order chi connectivity index (χ1) is 7.91. The number of nitrogens with zero attached hydrogens (tertiary/aromatic N) is 1. The maximum atomic E-state index is 12.1. The number of aliphatic carboxylic acids is 1. The topological polar surface area (TPSA) is 83.6 Å². The van der Waals surface area contributed by atoms with Crippen molar-refractivity contribution in [3.05, 3.63) is 0 Å². The van der Waals surface area contributed by atoms with Gasteiger partial charge in [0.2, 0.25) is 5.91 Å². The highest BCUT2D eigenvalue weighted by Gasteiger charge is 2.29. The molecule has 1 heterocycles. The van der Waals surface area contributed by atoms with Crippen molar-refractivity contribution in [2.24, 2.45) is 11.7 Å². The van der Waals surface area contributed by atoms with Gasteiger partial charge in [-0.2, -0.15) is 0 Å². The Morgan fingerprint density at radius 2 is 2.06 bits per heavy atom. The van der Waals surface area contributed by atoms with Crippen LogP contribution in [-0.4, -0.2) is 40.5 Å². The van der Waals surface area contributed by atoms with Crippen LogP contribution in [-0.2, 0) is 9.59 Å². The van der Waals surface area contributed by atoms with E-state index in [9.17, 15) is 9.59 Å². The zero-order valence-corrected chi connectivity index (χ0v) is 10.6. The summed E-state index contributed by atoms with van der Waals surface area (Å²) in [5, 5.41) is 8.57. The molecule has 98 valence electrons. The second-order valence-corrected chi connectivity index (χ2v) is 5.06. The molecule has 1 fully saturated rings. The Balaban J connectivity index is 2.52. The number of carbonyl (C=O) groups is 2. The Kier molecular flexibility index (Phi) is 4.93. The molecule has 1 aliphatic heterocycles. The van der Waals surface area contributed by atoms with Crippen LogP contribution in [0.25, 0.3) is 0 Å². The molecular formula is C12H22N2O3. The van der Waals surface area contributed by atoms with Crippen LogP contribution < -0.4 is 5.73 Å². The SMILES string of the molecule is CC1CCC(C)N(C(=O)C(N)CCC(=O)O)C1. The molecule has 0 aliphatic carbocycles. The largest absolute Gasteiger partial charge is 0.481 e. The Morgan fingerprint density at radius 1 is 1.41 bits per heavy atom. The van der Waals surface area contributed by atoms with E-state index in [-0.39, 0.29) is 24.8 Å². The van der Waals surface area contributed by atoms with E-state index in [1.165, 1.54) is 0 Å². The zero-order chi connectivity index (χ0) is 13.0. The maximum absolute atomic E-state index is 12.1. The van der Waals surface area contributed by atoms with Crippen LogP contribution in [0.15, 0.2) is 0 Å². The molecule has 3 atom stereocenters. The molecule has 5 nitrogen and oxygen atoms in total. The van der Waals surface area contributed by atoms with Gasteiger partial charge >= 0.3 is 5.97 Å². The lowest BCUT2D eigenvalue weighted by Gasteiger charge is -2.38. The average molecular weight is 242 g/mol. The number of piperidine rings is 1. The maximum Gasteiger partial charge on any atom is 0.303 e. The lowest BCUT2D eigenvalue weighted by molar-refractivity contribution is -0.139. The van der Waals surface area contributed by atoms with Crippen LogP contribution in [0.1, 0.15) is 39.5 Å². The molecule has 1 amide bonds. The second-order valence-electron chi connectivity index (χ2n) is 5.06. The summed E-state index contributed by atoms with van der Waals surface area (Å²) in [5.41, 5.74) is 5.75. The summed E-state index contributed by atoms with van der Waals surface area (Å²) in [6, 6.07) is -0.464. The number of rotatable bonds is 4. The van der Waals surface area contributed by atoms with Crippen LogP contribution >= 0.6 is 0 Å². The van der Waals surface area contributed by atoms with Crippen molar-refractivity contribution in [1.82, 2.24) is 4.90 Å². The summed E-state index contributed by atoms with van der Waals surface area (Å²) in [6.45, 7) is 4.88. The van der Waals surface area contributed by atoms with E-state index in [4.69, 9.17) is 10.8 Å². The van der Waals surface area contributed by atoms with Gasteiger partial charge in [-0.05, 0) is 32.1 Å². The molecule has 1 aliphatic rings. The predicted octanol–water partition coefficient (Wildman–Crippen LogP) is 0.825. The molecule has 0 bridgehead atoms. The molecule has 3 N–H and O–H groups in total. The summed E-state index contributed by atoms with van der Waals surface area (Å²) < 4.78 is 0. The predicted molar refractivity (Wildman–Crippen MR) is 64.4 cm³/mol. The van der Waals surface area contributed by atoms with E-state index in [2.05, 4.69) is 6.92 Å². The molecule has 0 saturated carbocycles. The molecule has 1 rings (SSSR count). The second kappa shape index (κ2) is 6.00. The first-order valence-corrected chi connectivity index (χ1v) is 6.19. The van der Waals surface area contributed by atoms with Gasteiger partial charge in [0.1, 0.15) is 0 Å². The quantitative estimate of drug-likeness (QED) is 0.764. The minimum Gasteiger partial charge on any atom is -0.481 e. The van der Waals surface area contributed by atoms with Crippen LogP contribution in [0.2, 0.25) is 0 Å². The molecular weight excluding hydrogens is 220 g/mol. The third-order valence-electron chi connectivity index (χ3n) is 3.39. The van der Waals surface area contributed by atoms with Gasteiger partial charge in [0.15, 0.2) is 0 Å². The third-order valence-corrected chi connectivity index (χ3v) is 3.39. The van der Waals surface area contributed by atoms with Crippen molar-refractivity contribution in [3.8, 4) is 0 Å². The fraction of sp³-hybridized carbons (Fsp3) is 0.833. The summed E-state index contributed by atoms with van der Waals surface area (Å²) in [7, 11) is 0. The summed E-state index contributed by atoms with van der Waals surface area (Å²) >= 11 is 0. The summed E-state index contributed by atoms with van der Waals surface area (Å²) in [4.78, 5) is 24.3. The Bertz CT molecular complexity index is 293. The summed E-state index contributed by atoms with van der Waals surface area (Å²) in [6.07, 6.45) is 2.30. The lowest BCUT2D eigenvalue weighted by Crippen LogP contribution is -2.51. The van der Waals surface area contributed by atoms with Crippen LogP contribution in [0.3, 0.4) is 0 Å². The smallest absolute Gasteiger partial charge is 0.303 e. The van der Waals surface area contributed by atoms with Crippen molar-refractivity contribution in [2.45, 2.75) is 51.6 Å². The number of carbonyl (C=O) groups excluding carboxylic acids is 1. The number of nitrogens with two attached hydrogens (primary N) is 1. The first kappa shape index (κ1) is 14.0. The van der Waals surface area contributed by atoms with Crippen molar-refractivity contribution < 1.29 is 14.7 Å². The number of amides is 1. The number of hydrogen-bond acceptors (Lipinski definition) is 3. The van der Waals surface area contributed by atoms with Gasteiger partial charge in [-0.25, -0.2) is 0 Å². The third kappa shape index (κ3) is 4.00. The highest BCUT2D eigenvalue weighted by molar-refractivity contribution is 5.82. The van der Waals surface area contributed by atoms with Crippen molar-refractivity contribution in [3.63, 3.8) is 0 Å². The Morgan fingerprint density at radius 3 is 2.65 bits per heavy atom. The van der Waals surface area contributed by atoms with Gasteiger partial charge in [-0.1, -0.05) is 6.92 Å². The molecule has 5 heteroatoms. The van der Waals surface area contributed by atoms with Gasteiger partial charge in [0, 0.05) is 19.0 Å². The monoisotopic (exact) mass is 242 g/mol. The van der Waals surface area contributed by atoms with Crippen LogP contribution in [0.4, 0.5) is 0 Å². The molecule has 0 aromatic carbocycles. The van der Waals surface area contributed by atoms with Crippen molar-refractivity contribution >= 4 is 11.9 Å². The van der Waals surface area contributed by atoms with Gasteiger partial charge in [-0.3, -0.25) is 9.59 Å². The zero-order valence-electron chi connectivity index (χ0n) is 10.6. The van der Waals surface area contributed by atoms with E-state index in [1.807, 2.05) is 6.92 Å². The van der Waals surface area contributed by atoms with E-state index < -0.39 is 12.0 Å². The first-order valence-electron chi connectivity index (χ1n) is 6.19. The molecule has 1 saturated heterocycles. The summed E-state index contributed by atoms with van der Waals surface area (Å²) in [5.74, 6) is -0.513. The van der Waals surface area contributed by atoms with Crippen molar-refractivity contribution in [2.75, 3.05) is 6.54 Å². The Hall–Kier alpha value is -1.10. The van der Waals surface area contributed by atoms with Crippen LogP contribution in [0.5, 0.6) is 0 Å². The number of carboxylic acid groups (broad SMARTS) is 1. The van der Waals surface area contributed by atoms with Gasteiger partial charge in [-0.15, -0.1) is 0 Å². The number of carboxylic acids is 1. The highest BCUT2D eigenvalue weighted by Crippen LogP contribution is 2.22. The van der Waals surface area contributed by atoms with Gasteiger partial charge < -0.3 is 15.7 Å². The van der Waals surface area contributed by atoms with E-state index in [1.54, 1.807) is 4.90 Å². The fourth-order valence-electron chi connectivity index (χ4n) is 2.21. The van der Waals surface area contributed by atoms with E-state index in [0.29, 0.717) is 5.92 Å². The minimum atomic E-state index is -0.909. The Labute approximate surface area is 102 Å². The fourth-order valence-corrected chi connectivity index (χ4v) is 2.21. The minimum absolute atomic E-state index is 0.0509. The molecule has 0 spiro atoms. The lowest BCUT2D eigenvalue weighted by atomic mass is 9.94. The van der Waals surface area contributed by atoms with E-state index in [0.717, 1.165) is 19.4 Å². The average Bonchev–Trinajstić information content (AvgIpc) is 2.28. The molecule has 0 radical (unpaired) electrons. The van der Waals surface area contributed by atoms with Gasteiger partial charge in [0.25, 0.3) is 0 Å². The van der Waals surface area contributed by atoms with Crippen molar-refractivity contribution in [1.29, 1.82) is 0 Å². The molecule has 0 aromatic rings. The normalized spacial score (nSPS) is 26.6. The van der Waals surface area contributed by atoms with Crippen LogP contribution in [0, 0.1) is 5.92 Å². The van der Waals surface area contributed by atoms with E-state index >= 15 is 0 Å². The molecule has 0 aromatic heterocycles. The number of likely N-dealkylation sites (tertiary alicyclic amines) is 1. The molecule has 3 unspecified atom stereocenters.